The zero-order valence-corrected chi connectivity index (χ0v) is 11.5. The van der Waals surface area contributed by atoms with Gasteiger partial charge in [0.1, 0.15) is 11.4 Å². The summed E-state index contributed by atoms with van der Waals surface area (Å²) in [5, 5.41) is 8.02. The average molecular weight is 278 g/mol. The maximum absolute atomic E-state index is 11.1. The van der Waals surface area contributed by atoms with E-state index in [4.69, 9.17) is 10.7 Å². The van der Waals surface area contributed by atoms with E-state index in [0.29, 0.717) is 11.6 Å². The third kappa shape index (κ3) is 2.80. The second-order valence-electron chi connectivity index (χ2n) is 4.77. The van der Waals surface area contributed by atoms with Crippen molar-refractivity contribution in [2.45, 2.75) is 50.8 Å². The molecule has 0 saturated heterocycles. The van der Waals surface area contributed by atoms with E-state index in [1.54, 1.807) is 0 Å². The van der Waals surface area contributed by atoms with Crippen molar-refractivity contribution < 1.29 is 8.42 Å². The smallest absolute Gasteiger partial charge is 0.238 e. The first-order valence-corrected chi connectivity index (χ1v) is 8.22. The summed E-state index contributed by atoms with van der Waals surface area (Å²) in [4.78, 5) is 0. The Morgan fingerprint density at radius 3 is 2.53 bits per heavy atom. The van der Waals surface area contributed by atoms with Gasteiger partial charge in [0, 0.05) is 22.6 Å². The van der Waals surface area contributed by atoms with Crippen molar-refractivity contribution in [3.8, 4) is 0 Å². The molecule has 1 aromatic rings. The summed E-state index contributed by atoms with van der Waals surface area (Å²) >= 11 is 0. The second kappa shape index (κ2) is 4.57. The third-order valence-electron chi connectivity index (χ3n) is 3.09. The minimum Gasteiger partial charge on any atom is -0.246 e. The van der Waals surface area contributed by atoms with Gasteiger partial charge in [-0.05, 0) is 26.7 Å². The van der Waals surface area contributed by atoms with Crippen LogP contribution in [0.1, 0.15) is 56.5 Å². The molecule has 0 spiro atoms. The van der Waals surface area contributed by atoms with Crippen LogP contribution in [0.4, 0.5) is 0 Å². The Labute approximate surface area is 106 Å². The highest BCUT2D eigenvalue weighted by atomic mass is 35.7. The highest BCUT2D eigenvalue weighted by Gasteiger charge is 2.29. The van der Waals surface area contributed by atoms with Gasteiger partial charge in [-0.3, -0.25) is 0 Å². The van der Waals surface area contributed by atoms with Crippen LogP contribution in [0.25, 0.3) is 0 Å². The first kappa shape index (κ1) is 12.8. The van der Waals surface area contributed by atoms with Crippen LogP contribution in [0.5, 0.6) is 0 Å². The number of nitrogens with zero attached hydrogens (tertiary/aromatic N) is 3. The van der Waals surface area contributed by atoms with E-state index in [9.17, 15) is 8.42 Å². The van der Waals surface area contributed by atoms with Crippen LogP contribution in [0, 0.1) is 0 Å². The van der Waals surface area contributed by atoms with Crippen molar-refractivity contribution in [1.29, 1.82) is 0 Å². The summed E-state index contributed by atoms with van der Waals surface area (Å²) in [5.41, 5.74) is 1.47. The fourth-order valence-corrected chi connectivity index (χ4v) is 2.93. The lowest BCUT2D eigenvalue weighted by Crippen LogP contribution is -2.18. The number of aromatic nitrogens is 3. The van der Waals surface area contributed by atoms with Crippen LogP contribution in [-0.2, 0) is 14.8 Å². The summed E-state index contributed by atoms with van der Waals surface area (Å²) in [6, 6.07) is 0.185. The van der Waals surface area contributed by atoms with Gasteiger partial charge in [-0.25, -0.2) is 13.1 Å². The molecule has 0 radical (unpaired) electrons. The molecule has 0 amide bonds. The van der Waals surface area contributed by atoms with Gasteiger partial charge in [0.25, 0.3) is 0 Å². The zero-order valence-electron chi connectivity index (χ0n) is 9.93. The molecule has 0 bridgehead atoms. The highest BCUT2D eigenvalue weighted by Crippen LogP contribution is 2.38. The second-order valence-corrected chi connectivity index (χ2v) is 7.55. The van der Waals surface area contributed by atoms with Gasteiger partial charge in [-0.15, -0.1) is 5.10 Å². The number of halogens is 1. The molecule has 1 fully saturated rings. The molecule has 1 aliphatic carbocycles. The lowest BCUT2D eigenvalue weighted by molar-refractivity contribution is 0.373. The largest absolute Gasteiger partial charge is 0.246 e. The minimum atomic E-state index is -3.57. The Morgan fingerprint density at radius 1 is 1.47 bits per heavy atom. The first-order valence-electron chi connectivity index (χ1n) is 5.75. The Morgan fingerprint density at radius 2 is 2.12 bits per heavy atom. The van der Waals surface area contributed by atoms with Gasteiger partial charge in [-0.1, -0.05) is 11.6 Å². The SMILES string of the molecule is CC(C)n1nnc(CS(=O)(=O)Cl)c1C1CCC1. The Bertz CT molecular complexity index is 506. The molecule has 0 unspecified atom stereocenters. The monoisotopic (exact) mass is 277 g/mol. The van der Waals surface area contributed by atoms with E-state index < -0.39 is 9.05 Å². The van der Waals surface area contributed by atoms with Crippen molar-refractivity contribution in [2.75, 3.05) is 0 Å². The first-order chi connectivity index (χ1) is 7.88. The molecule has 2 rings (SSSR count). The van der Waals surface area contributed by atoms with Crippen LogP contribution in [0.15, 0.2) is 0 Å². The molecule has 0 aliphatic heterocycles. The number of rotatable bonds is 4. The molecule has 0 aromatic carbocycles. The van der Waals surface area contributed by atoms with Crippen molar-refractivity contribution >= 4 is 19.7 Å². The third-order valence-corrected chi connectivity index (χ3v) is 4.04. The Hall–Kier alpha value is -0.620. The van der Waals surface area contributed by atoms with E-state index in [2.05, 4.69) is 10.3 Å². The van der Waals surface area contributed by atoms with Crippen molar-refractivity contribution in [3.63, 3.8) is 0 Å². The van der Waals surface area contributed by atoms with Crippen LogP contribution >= 0.6 is 10.7 Å². The summed E-state index contributed by atoms with van der Waals surface area (Å²) in [5.74, 6) is 0.161. The molecule has 5 nitrogen and oxygen atoms in total. The van der Waals surface area contributed by atoms with Gasteiger partial charge in [0.15, 0.2) is 0 Å². The molecule has 1 heterocycles. The van der Waals surface area contributed by atoms with Crippen molar-refractivity contribution in [2.24, 2.45) is 0 Å². The Balaban J connectivity index is 2.38. The quantitative estimate of drug-likeness (QED) is 0.792. The van der Waals surface area contributed by atoms with Gasteiger partial charge in [0.2, 0.25) is 9.05 Å². The van der Waals surface area contributed by atoms with Gasteiger partial charge < -0.3 is 0 Å². The lowest BCUT2D eigenvalue weighted by Gasteiger charge is -2.27. The molecule has 1 aromatic heterocycles. The summed E-state index contributed by atoms with van der Waals surface area (Å²) in [6.07, 6.45) is 3.34. The van der Waals surface area contributed by atoms with E-state index in [0.717, 1.165) is 18.5 Å². The van der Waals surface area contributed by atoms with Gasteiger partial charge in [0.05, 0.1) is 5.69 Å². The highest BCUT2D eigenvalue weighted by molar-refractivity contribution is 8.13. The molecular weight excluding hydrogens is 262 g/mol. The van der Waals surface area contributed by atoms with E-state index in [-0.39, 0.29) is 11.8 Å². The number of hydrogen-bond acceptors (Lipinski definition) is 4. The van der Waals surface area contributed by atoms with Crippen LogP contribution in [0.2, 0.25) is 0 Å². The summed E-state index contributed by atoms with van der Waals surface area (Å²) in [7, 11) is 1.72. The molecule has 1 aliphatic rings. The summed E-state index contributed by atoms with van der Waals surface area (Å²) in [6.45, 7) is 4.02. The normalized spacial score (nSPS) is 17.4. The van der Waals surface area contributed by atoms with Crippen molar-refractivity contribution in [3.05, 3.63) is 11.4 Å². The molecule has 1 saturated carbocycles. The fraction of sp³-hybridized carbons (Fsp3) is 0.800. The predicted molar refractivity (Wildman–Crippen MR) is 65.5 cm³/mol. The van der Waals surface area contributed by atoms with E-state index >= 15 is 0 Å². The number of hydrogen-bond donors (Lipinski definition) is 0. The van der Waals surface area contributed by atoms with E-state index in [1.165, 1.54) is 6.42 Å². The van der Waals surface area contributed by atoms with Crippen molar-refractivity contribution in [1.82, 2.24) is 15.0 Å². The Kier molecular flexibility index (Phi) is 3.45. The topological polar surface area (TPSA) is 64.8 Å². The average Bonchev–Trinajstić information content (AvgIpc) is 2.43. The molecule has 7 heteroatoms. The predicted octanol–water partition coefficient (Wildman–Crippen LogP) is 2.20. The molecule has 96 valence electrons. The van der Waals surface area contributed by atoms with E-state index in [1.807, 2.05) is 18.5 Å². The maximum Gasteiger partial charge on any atom is 0.238 e. The minimum absolute atomic E-state index is 0.185. The molecule has 17 heavy (non-hydrogen) atoms. The molecular formula is C10H16ClN3O2S. The summed E-state index contributed by atoms with van der Waals surface area (Å²) < 4.78 is 24.1. The van der Waals surface area contributed by atoms with Gasteiger partial charge >= 0.3 is 0 Å². The van der Waals surface area contributed by atoms with Crippen LogP contribution in [-0.4, -0.2) is 23.4 Å². The zero-order chi connectivity index (χ0) is 12.6. The standard InChI is InChI=1S/C10H16ClN3O2S/c1-7(2)14-10(8-4-3-5-8)9(12-13-14)6-17(11,15)16/h7-8H,3-6H2,1-2H3. The lowest BCUT2D eigenvalue weighted by atomic mass is 9.82. The van der Waals surface area contributed by atoms with Gasteiger partial charge in [-0.2, -0.15) is 0 Å². The fourth-order valence-electron chi connectivity index (χ4n) is 2.09. The maximum atomic E-state index is 11.1. The van der Waals surface area contributed by atoms with Crippen LogP contribution in [0.3, 0.4) is 0 Å². The molecule has 0 N–H and O–H groups in total. The molecule has 0 atom stereocenters. The van der Waals surface area contributed by atoms with Crippen LogP contribution < -0.4 is 0 Å².